The van der Waals surface area contributed by atoms with E-state index in [4.69, 9.17) is 9.47 Å². The van der Waals surface area contributed by atoms with Crippen LogP contribution in [0.3, 0.4) is 0 Å². The van der Waals surface area contributed by atoms with E-state index in [1.807, 2.05) is 38.1 Å². The molecule has 0 aliphatic carbocycles. The Balaban J connectivity index is 1.77. The highest BCUT2D eigenvalue weighted by Crippen LogP contribution is 2.23. The predicted molar refractivity (Wildman–Crippen MR) is 81.7 cm³/mol. The molecule has 1 fully saturated rings. The van der Waals surface area contributed by atoms with Gasteiger partial charge in [-0.05, 0) is 25.5 Å². The molecule has 0 aromatic heterocycles. The monoisotopic (exact) mass is 292 g/mol. The van der Waals surface area contributed by atoms with Crippen LogP contribution in [0.25, 0.3) is 0 Å². The lowest BCUT2D eigenvalue weighted by molar-refractivity contribution is -0.129. The summed E-state index contributed by atoms with van der Waals surface area (Å²) in [5.41, 5.74) is 0. The zero-order valence-electron chi connectivity index (χ0n) is 13.0. The van der Waals surface area contributed by atoms with Crippen molar-refractivity contribution in [2.45, 2.75) is 32.4 Å². The first-order chi connectivity index (χ1) is 10.1. The Labute approximate surface area is 126 Å². The highest BCUT2D eigenvalue weighted by molar-refractivity contribution is 5.81. The molecule has 1 atom stereocenters. The number of likely N-dealkylation sites (tertiary alicyclic amines) is 1. The van der Waals surface area contributed by atoms with E-state index < -0.39 is 0 Å². The van der Waals surface area contributed by atoms with Crippen LogP contribution in [-0.4, -0.2) is 49.7 Å². The number of methoxy groups -OCH3 is 1. The van der Waals surface area contributed by atoms with E-state index in [2.05, 4.69) is 10.2 Å². The number of benzene rings is 1. The number of hydrogen-bond acceptors (Lipinski definition) is 4. The van der Waals surface area contributed by atoms with Crippen molar-refractivity contribution in [2.75, 3.05) is 26.7 Å². The minimum atomic E-state index is -0.0956. The lowest BCUT2D eigenvalue weighted by atomic mass is 10.1. The topological polar surface area (TPSA) is 50.8 Å². The number of carbonyl (C=O) groups is 1. The van der Waals surface area contributed by atoms with Crippen LogP contribution in [0.15, 0.2) is 24.3 Å². The van der Waals surface area contributed by atoms with E-state index in [0.29, 0.717) is 0 Å². The van der Waals surface area contributed by atoms with Crippen molar-refractivity contribution in [3.8, 4) is 11.5 Å². The summed E-state index contributed by atoms with van der Waals surface area (Å²) in [7, 11) is 1.64. The first kappa shape index (κ1) is 15.6. The molecule has 5 heteroatoms. The molecule has 1 aromatic rings. The zero-order valence-corrected chi connectivity index (χ0v) is 13.0. The molecule has 0 radical (unpaired) electrons. The molecule has 1 N–H and O–H groups in total. The van der Waals surface area contributed by atoms with E-state index in [1.54, 1.807) is 7.11 Å². The molecule has 1 aromatic carbocycles. The fourth-order valence-electron chi connectivity index (χ4n) is 2.29. The van der Waals surface area contributed by atoms with Gasteiger partial charge in [0.2, 0.25) is 5.91 Å². The van der Waals surface area contributed by atoms with E-state index in [0.717, 1.165) is 37.6 Å². The second kappa shape index (κ2) is 7.31. The van der Waals surface area contributed by atoms with Gasteiger partial charge in [0, 0.05) is 25.7 Å². The molecule has 1 heterocycles. The lowest BCUT2D eigenvalue weighted by Crippen LogP contribution is -2.60. The molecule has 5 nitrogen and oxygen atoms in total. The molecular weight excluding hydrogens is 268 g/mol. The quantitative estimate of drug-likeness (QED) is 0.830. The Kier molecular flexibility index (Phi) is 5.44. The van der Waals surface area contributed by atoms with Gasteiger partial charge in [-0.15, -0.1) is 0 Å². The van der Waals surface area contributed by atoms with Gasteiger partial charge in [0.25, 0.3) is 0 Å². The predicted octanol–water partition coefficient (Wildman–Crippen LogP) is 1.67. The highest BCUT2D eigenvalue weighted by Gasteiger charge is 2.34. The van der Waals surface area contributed by atoms with Crippen LogP contribution in [-0.2, 0) is 4.79 Å². The van der Waals surface area contributed by atoms with E-state index in [1.165, 1.54) is 0 Å². The summed E-state index contributed by atoms with van der Waals surface area (Å²) < 4.78 is 11.1. The van der Waals surface area contributed by atoms with Gasteiger partial charge in [0.1, 0.15) is 17.6 Å². The van der Waals surface area contributed by atoms with E-state index in [-0.39, 0.29) is 18.1 Å². The summed E-state index contributed by atoms with van der Waals surface area (Å²) in [4.78, 5) is 14.0. The van der Waals surface area contributed by atoms with Crippen LogP contribution in [0.4, 0.5) is 0 Å². The van der Waals surface area contributed by atoms with Crippen LogP contribution in [0.1, 0.15) is 20.3 Å². The van der Waals surface area contributed by atoms with Gasteiger partial charge in [-0.1, -0.05) is 13.0 Å². The van der Waals surface area contributed by atoms with Gasteiger partial charge in [-0.3, -0.25) is 9.69 Å². The highest BCUT2D eigenvalue weighted by atomic mass is 16.5. The molecule has 2 rings (SSSR count). The van der Waals surface area contributed by atoms with Gasteiger partial charge in [0.15, 0.2) is 0 Å². The molecule has 1 aliphatic heterocycles. The van der Waals surface area contributed by atoms with Crippen LogP contribution in [0.2, 0.25) is 0 Å². The van der Waals surface area contributed by atoms with Crippen molar-refractivity contribution >= 4 is 5.91 Å². The maximum absolute atomic E-state index is 11.9. The maximum atomic E-state index is 11.9. The molecule has 0 unspecified atom stereocenters. The fraction of sp³-hybridized carbons (Fsp3) is 0.562. The number of nitrogens with one attached hydrogen (secondary N) is 1. The van der Waals surface area contributed by atoms with Crippen molar-refractivity contribution in [2.24, 2.45) is 0 Å². The summed E-state index contributed by atoms with van der Waals surface area (Å²) in [5.74, 6) is 1.69. The summed E-state index contributed by atoms with van der Waals surface area (Å²) in [6, 6.07) is 7.50. The molecule has 0 bridgehead atoms. The second-order valence-electron chi connectivity index (χ2n) is 5.34. The number of amides is 1. The average Bonchev–Trinajstić information content (AvgIpc) is 2.47. The number of ether oxygens (including phenoxy) is 2. The Morgan fingerprint density at radius 3 is 2.81 bits per heavy atom. The molecule has 1 aliphatic rings. The SMILES string of the molecule is CCCNC(=O)[C@@H](C)N1CC(Oc2cccc(OC)c2)C1. The van der Waals surface area contributed by atoms with E-state index >= 15 is 0 Å². The van der Waals surface area contributed by atoms with E-state index in [9.17, 15) is 4.79 Å². The molecular formula is C16H24N2O3. The van der Waals surface area contributed by atoms with Crippen LogP contribution >= 0.6 is 0 Å². The standard InChI is InChI=1S/C16H24N2O3/c1-4-8-17-16(19)12(2)18-10-15(11-18)21-14-7-5-6-13(9-14)20-3/h5-7,9,12,15H,4,8,10-11H2,1-3H3,(H,17,19)/t12-/m1/s1. The first-order valence-electron chi connectivity index (χ1n) is 7.46. The van der Waals surface area contributed by atoms with Crippen LogP contribution in [0, 0.1) is 0 Å². The lowest BCUT2D eigenvalue weighted by Gasteiger charge is -2.42. The van der Waals surface area contributed by atoms with Crippen LogP contribution in [0.5, 0.6) is 11.5 Å². The van der Waals surface area contributed by atoms with Gasteiger partial charge < -0.3 is 14.8 Å². The number of hydrogen-bond donors (Lipinski definition) is 1. The molecule has 1 saturated heterocycles. The van der Waals surface area contributed by atoms with Gasteiger partial charge in [0.05, 0.1) is 13.2 Å². The Hall–Kier alpha value is -1.75. The molecule has 0 saturated carbocycles. The van der Waals surface area contributed by atoms with Crippen molar-refractivity contribution in [1.29, 1.82) is 0 Å². The fourth-order valence-corrected chi connectivity index (χ4v) is 2.29. The maximum Gasteiger partial charge on any atom is 0.237 e. The molecule has 116 valence electrons. The molecule has 1 amide bonds. The summed E-state index contributed by atoms with van der Waals surface area (Å²) in [5, 5.41) is 2.92. The Morgan fingerprint density at radius 2 is 2.14 bits per heavy atom. The molecule has 0 spiro atoms. The second-order valence-corrected chi connectivity index (χ2v) is 5.34. The van der Waals surface area contributed by atoms with Gasteiger partial charge >= 0.3 is 0 Å². The third-order valence-corrected chi connectivity index (χ3v) is 3.70. The molecule has 21 heavy (non-hydrogen) atoms. The normalized spacial score (nSPS) is 16.9. The zero-order chi connectivity index (χ0) is 15.2. The number of rotatable bonds is 7. The number of carbonyl (C=O) groups excluding carboxylic acids is 1. The first-order valence-corrected chi connectivity index (χ1v) is 7.46. The summed E-state index contributed by atoms with van der Waals surface area (Å²) in [6.45, 7) is 6.27. The minimum absolute atomic E-state index is 0.0941. The third-order valence-electron chi connectivity index (χ3n) is 3.70. The van der Waals surface area contributed by atoms with Gasteiger partial charge in [-0.25, -0.2) is 0 Å². The minimum Gasteiger partial charge on any atom is -0.497 e. The Bertz CT molecular complexity index is 472. The average molecular weight is 292 g/mol. The van der Waals surface area contributed by atoms with Crippen molar-refractivity contribution < 1.29 is 14.3 Å². The van der Waals surface area contributed by atoms with Crippen molar-refractivity contribution in [3.63, 3.8) is 0 Å². The third kappa shape index (κ3) is 4.11. The largest absolute Gasteiger partial charge is 0.497 e. The summed E-state index contributed by atoms with van der Waals surface area (Å²) >= 11 is 0. The van der Waals surface area contributed by atoms with Crippen molar-refractivity contribution in [1.82, 2.24) is 10.2 Å². The Morgan fingerprint density at radius 1 is 1.43 bits per heavy atom. The summed E-state index contributed by atoms with van der Waals surface area (Å²) in [6.07, 6.45) is 1.10. The van der Waals surface area contributed by atoms with Crippen molar-refractivity contribution in [3.05, 3.63) is 24.3 Å². The number of nitrogens with zero attached hydrogens (tertiary/aromatic N) is 1. The smallest absolute Gasteiger partial charge is 0.237 e. The van der Waals surface area contributed by atoms with Crippen LogP contribution < -0.4 is 14.8 Å². The van der Waals surface area contributed by atoms with Gasteiger partial charge in [-0.2, -0.15) is 0 Å².